The van der Waals surface area contributed by atoms with E-state index in [9.17, 15) is 0 Å². The van der Waals surface area contributed by atoms with E-state index < -0.39 is 0 Å². The summed E-state index contributed by atoms with van der Waals surface area (Å²) in [4.78, 5) is 0. The molecule has 0 aliphatic rings. The molecule has 0 aliphatic carbocycles. The lowest BCUT2D eigenvalue weighted by molar-refractivity contribution is 0.320. The van der Waals surface area contributed by atoms with Gasteiger partial charge in [0.05, 0.1) is 14.2 Å². The summed E-state index contributed by atoms with van der Waals surface area (Å²) >= 11 is 0. The Balaban J connectivity index is 2.81. The van der Waals surface area contributed by atoms with Gasteiger partial charge in [-0.15, -0.1) is 0 Å². The number of rotatable bonds is 5. The van der Waals surface area contributed by atoms with Gasteiger partial charge in [-0.2, -0.15) is 0 Å². The Morgan fingerprint density at radius 2 is 1.50 bits per heavy atom. The van der Waals surface area contributed by atoms with Gasteiger partial charge in [-0.05, 0) is 0 Å². The average molecular weight is 197 g/mol. The van der Waals surface area contributed by atoms with Crippen LogP contribution in [0.25, 0.3) is 0 Å². The highest BCUT2D eigenvalue weighted by Crippen LogP contribution is 2.27. The maximum absolute atomic E-state index is 5.36. The summed E-state index contributed by atoms with van der Waals surface area (Å²) in [5.74, 6) is 2.11. The normalized spacial score (nSPS) is 9.64. The van der Waals surface area contributed by atoms with Crippen LogP contribution < -0.4 is 19.9 Å². The predicted molar refractivity (Wildman–Crippen MR) is 54.1 cm³/mol. The van der Waals surface area contributed by atoms with Crippen LogP contribution in [0.4, 0.5) is 0 Å². The Morgan fingerprint density at radius 1 is 1.00 bits per heavy atom. The summed E-state index contributed by atoms with van der Waals surface area (Å²) in [6.07, 6.45) is 0. The molecule has 1 aromatic rings. The second kappa shape index (κ2) is 5.34. The molecule has 0 aliphatic heterocycles. The molecule has 0 saturated carbocycles. The number of hydrogen-bond acceptors (Lipinski definition) is 4. The third kappa shape index (κ3) is 2.81. The van der Waals surface area contributed by atoms with Crippen molar-refractivity contribution in [2.75, 3.05) is 27.4 Å². The molecule has 0 aromatic heterocycles. The smallest absolute Gasteiger partial charge is 0.126 e. The quantitative estimate of drug-likeness (QED) is 0.766. The molecule has 14 heavy (non-hydrogen) atoms. The number of methoxy groups -OCH3 is 2. The number of nitrogens with two attached hydrogens (primary N) is 1. The van der Waals surface area contributed by atoms with Crippen LogP contribution in [0.5, 0.6) is 17.2 Å². The molecule has 78 valence electrons. The van der Waals surface area contributed by atoms with Crippen molar-refractivity contribution >= 4 is 0 Å². The van der Waals surface area contributed by atoms with E-state index in [1.54, 1.807) is 32.4 Å². The van der Waals surface area contributed by atoms with Crippen LogP contribution in [0, 0.1) is 0 Å². The number of ether oxygens (including phenoxy) is 3. The molecule has 2 N–H and O–H groups in total. The summed E-state index contributed by atoms with van der Waals surface area (Å²) < 4.78 is 15.5. The summed E-state index contributed by atoms with van der Waals surface area (Å²) in [6, 6.07) is 5.37. The molecule has 0 saturated heterocycles. The first kappa shape index (κ1) is 10.7. The first-order valence-corrected chi connectivity index (χ1v) is 4.36. The molecule has 0 heterocycles. The monoisotopic (exact) mass is 197 g/mol. The van der Waals surface area contributed by atoms with E-state index in [1.807, 2.05) is 0 Å². The topological polar surface area (TPSA) is 53.7 Å². The van der Waals surface area contributed by atoms with Crippen LogP contribution >= 0.6 is 0 Å². The minimum absolute atomic E-state index is 0.482. The van der Waals surface area contributed by atoms with E-state index in [4.69, 9.17) is 19.9 Å². The molecule has 0 atom stereocenters. The number of hydrogen-bond donors (Lipinski definition) is 1. The maximum Gasteiger partial charge on any atom is 0.126 e. The zero-order valence-corrected chi connectivity index (χ0v) is 8.45. The van der Waals surface area contributed by atoms with Gasteiger partial charge in [0.25, 0.3) is 0 Å². The van der Waals surface area contributed by atoms with Gasteiger partial charge >= 0.3 is 0 Å². The van der Waals surface area contributed by atoms with Crippen molar-refractivity contribution in [2.45, 2.75) is 0 Å². The van der Waals surface area contributed by atoms with E-state index in [0.717, 1.165) is 0 Å². The minimum atomic E-state index is 0.482. The van der Waals surface area contributed by atoms with Crippen molar-refractivity contribution in [3.8, 4) is 17.2 Å². The SMILES string of the molecule is COc1cc(OC)cc(OCCN)c1. The van der Waals surface area contributed by atoms with Crippen LogP contribution in [-0.2, 0) is 0 Å². The minimum Gasteiger partial charge on any atom is -0.496 e. The third-order valence-corrected chi connectivity index (χ3v) is 1.71. The Labute approximate surface area is 83.6 Å². The van der Waals surface area contributed by atoms with E-state index in [1.165, 1.54) is 0 Å². The zero-order valence-electron chi connectivity index (χ0n) is 8.45. The van der Waals surface area contributed by atoms with Crippen LogP contribution in [0.1, 0.15) is 0 Å². The molecular formula is C10H15NO3. The average Bonchev–Trinajstić information content (AvgIpc) is 2.25. The Bertz CT molecular complexity index is 266. The van der Waals surface area contributed by atoms with Gasteiger partial charge in [0.2, 0.25) is 0 Å². The lowest BCUT2D eigenvalue weighted by atomic mass is 10.3. The number of benzene rings is 1. The van der Waals surface area contributed by atoms with Crippen molar-refractivity contribution in [2.24, 2.45) is 5.73 Å². The molecule has 1 aromatic carbocycles. The Kier molecular flexibility index (Phi) is 4.07. The molecule has 0 fully saturated rings. The first-order valence-electron chi connectivity index (χ1n) is 4.36. The lowest BCUT2D eigenvalue weighted by Crippen LogP contribution is -2.10. The highest BCUT2D eigenvalue weighted by atomic mass is 16.5. The standard InChI is InChI=1S/C10H15NO3/c1-12-8-5-9(13-2)7-10(6-8)14-4-3-11/h5-7H,3-4,11H2,1-2H3. The molecule has 4 heteroatoms. The maximum atomic E-state index is 5.36. The molecular weight excluding hydrogens is 182 g/mol. The fourth-order valence-electron chi connectivity index (χ4n) is 1.04. The van der Waals surface area contributed by atoms with Crippen LogP contribution in [0.15, 0.2) is 18.2 Å². The zero-order chi connectivity index (χ0) is 10.4. The van der Waals surface area contributed by atoms with E-state index in [-0.39, 0.29) is 0 Å². The molecule has 1 rings (SSSR count). The van der Waals surface area contributed by atoms with E-state index >= 15 is 0 Å². The van der Waals surface area contributed by atoms with Gasteiger partial charge < -0.3 is 19.9 Å². The highest BCUT2D eigenvalue weighted by molar-refractivity contribution is 5.41. The summed E-state index contributed by atoms with van der Waals surface area (Å²) in [5.41, 5.74) is 5.33. The van der Waals surface area contributed by atoms with Crippen molar-refractivity contribution in [3.63, 3.8) is 0 Å². The van der Waals surface area contributed by atoms with Gasteiger partial charge in [-0.3, -0.25) is 0 Å². The molecule has 0 spiro atoms. The predicted octanol–water partition coefficient (Wildman–Crippen LogP) is 1.04. The molecule has 0 bridgehead atoms. The second-order valence-corrected chi connectivity index (χ2v) is 2.69. The summed E-state index contributed by atoms with van der Waals surface area (Å²) in [7, 11) is 3.20. The van der Waals surface area contributed by atoms with Crippen LogP contribution in [0.2, 0.25) is 0 Å². The fraction of sp³-hybridized carbons (Fsp3) is 0.400. The van der Waals surface area contributed by atoms with Gasteiger partial charge in [-0.1, -0.05) is 0 Å². The van der Waals surface area contributed by atoms with Crippen LogP contribution in [-0.4, -0.2) is 27.4 Å². The fourth-order valence-corrected chi connectivity index (χ4v) is 1.04. The lowest BCUT2D eigenvalue weighted by Gasteiger charge is -2.09. The van der Waals surface area contributed by atoms with Gasteiger partial charge in [0.1, 0.15) is 23.9 Å². The van der Waals surface area contributed by atoms with Crippen LogP contribution in [0.3, 0.4) is 0 Å². The molecule has 4 nitrogen and oxygen atoms in total. The van der Waals surface area contributed by atoms with Crippen molar-refractivity contribution in [3.05, 3.63) is 18.2 Å². The summed E-state index contributed by atoms with van der Waals surface area (Å²) in [5, 5.41) is 0. The second-order valence-electron chi connectivity index (χ2n) is 2.69. The highest BCUT2D eigenvalue weighted by Gasteiger charge is 2.01. The summed E-state index contributed by atoms with van der Waals surface area (Å²) in [6.45, 7) is 0.968. The Hall–Kier alpha value is -1.42. The first-order chi connectivity index (χ1) is 6.80. The van der Waals surface area contributed by atoms with Crippen molar-refractivity contribution < 1.29 is 14.2 Å². The van der Waals surface area contributed by atoms with E-state index in [2.05, 4.69) is 0 Å². The van der Waals surface area contributed by atoms with Gasteiger partial charge in [-0.25, -0.2) is 0 Å². The Morgan fingerprint density at radius 3 is 1.93 bits per heavy atom. The van der Waals surface area contributed by atoms with Crippen molar-refractivity contribution in [1.29, 1.82) is 0 Å². The van der Waals surface area contributed by atoms with Crippen molar-refractivity contribution in [1.82, 2.24) is 0 Å². The largest absolute Gasteiger partial charge is 0.496 e. The molecule has 0 unspecified atom stereocenters. The third-order valence-electron chi connectivity index (χ3n) is 1.71. The van der Waals surface area contributed by atoms with Gasteiger partial charge in [0, 0.05) is 24.7 Å². The molecule has 0 radical (unpaired) electrons. The molecule has 0 amide bonds. The van der Waals surface area contributed by atoms with E-state index in [0.29, 0.717) is 30.4 Å². The van der Waals surface area contributed by atoms with Gasteiger partial charge in [0.15, 0.2) is 0 Å².